The molecule has 2 rings (SSSR count). The lowest BCUT2D eigenvalue weighted by atomic mass is 10.0. The van der Waals surface area contributed by atoms with Gasteiger partial charge in [0.25, 0.3) is 0 Å². The number of halogens is 2. The number of ether oxygens (including phenoxy) is 1. The van der Waals surface area contributed by atoms with E-state index in [1.54, 1.807) is 0 Å². The van der Waals surface area contributed by atoms with Crippen molar-refractivity contribution in [1.29, 1.82) is 0 Å². The van der Waals surface area contributed by atoms with E-state index in [2.05, 4.69) is 0 Å². The molecule has 1 aromatic carbocycles. The second kappa shape index (κ2) is 4.91. The summed E-state index contributed by atoms with van der Waals surface area (Å²) in [5, 5.41) is 0. The maximum Gasteiger partial charge on any atom is 0.306 e. The van der Waals surface area contributed by atoms with Crippen LogP contribution in [0.5, 0.6) is 0 Å². The average Bonchev–Trinajstić information content (AvgIpc) is 2.56. The van der Waals surface area contributed by atoms with Crippen molar-refractivity contribution in [1.82, 2.24) is 0 Å². The zero-order valence-electron chi connectivity index (χ0n) is 11.4. The van der Waals surface area contributed by atoms with Gasteiger partial charge in [-0.25, -0.2) is 8.78 Å². The summed E-state index contributed by atoms with van der Waals surface area (Å²) in [6.45, 7) is 5.46. The molecule has 0 heterocycles. The second-order valence-electron chi connectivity index (χ2n) is 6.10. The molecule has 0 saturated carbocycles. The first-order chi connectivity index (χ1) is 8.74. The van der Waals surface area contributed by atoms with E-state index in [-0.39, 0.29) is 18.3 Å². The smallest absolute Gasteiger partial charge is 0.306 e. The second-order valence-corrected chi connectivity index (χ2v) is 6.10. The number of carbonyl (C=O) groups is 1. The number of esters is 1. The molecule has 104 valence electrons. The Kier molecular flexibility index (Phi) is 3.61. The SMILES string of the molecule is CC(C)(C)OC(=O)CC1Cc2cc(F)c(F)cc2C1. The van der Waals surface area contributed by atoms with Crippen LogP contribution in [0, 0.1) is 17.6 Å². The summed E-state index contributed by atoms with van der Waals surface area (Å²) in [6, 6.07) is 2.47. The van der Waals surface area contributed by atoms with Crippen LogP contribution >= 0.6 is 0 Å². The van der Waals surface area contributed by atoms with E-state index in [1.807, 2.05) is 20.8 Å². The van der Waals surface area contributed by atoms with Crippen LogP contribution in [0.15, 0.2) is 12.1 Å². The van der Waals surface area contributed by atoms with E-state index in [1.165, 1.54) is 12.1 Å². The maximum atomic E-state index is 13.1. The van der Waals surface area contributed by atoms with Gasteiger partial charge in [-0.15, -0.1) is 0 Å². The monoisotopic (exact) mass is 268 g/mol. The highest BCUT2D eigenvalue weighted by molar-refractivity contribution is 5.70. The lowest BCUT2D eigenvalue weighted by Crippen LogP contribution is -2.25. The van der Waals surface area contributed by atoms with Crippen LogP contribution in [0.4, 0.5) is 8.78 Å². The standard InChI is InChI=1S/C15H18F2O2/c1-15(2,3)19-14(18)6-9-4-10-7-12(16)13(17)8-11(10)5-9/h7-9H,4-6H2,1-3H3. The minimum Gasteiger partial charge on any atom is -0.460 e. The molecule has 0 bridgehead atoms. The summed E-state index contributed by atoms with van der Waals surface area (Å²) >= 11 is 0. The van der Waals surface area contributed by atoms with Crippen LogP contribution in [0.3, 0.4) is 0 Å². The molecular weight excluding hydrogens is 250 g/mol. The van der Waals surface area contributed by atoms with Gasteiger partial charge in [-0.1, -0.05) is 0 Å². The van der Waals surface area contributed by atoms with Crippen molar-refractivity contribution in [3.63, 3.8) is 0 Å². The summed E-state index contributed by atoms with van der Waals surface area (Å²) in [7, 11) is 0. The van der Waals surface area contributed by atoms with Crippen molar-refractivity contribution < 1.29 is 18.3 Å². The van der Waals surface area contributed by atoms with Gasteiger partial charge in [0, 0.05) is 6.42 Å². The van der Waals surface area contributed by atoms with Crippen LogP contribution in [0.25, 0.3) is 0 Å². The highest BCUT2D eigenvalue weighted by atomic mass is 19.2. The summed E-state index contributed by atoms with van der Waals surface area (Å²) < 4.78 is 31.5. The van der Waals surface area contributed by atoms with Gasteiger partial charge < -0.3 is 4.74 Å². The molecule has 1 aliphatic carbocycles. The highest BCUT2D eigenvalue weighted by Gasteiger charge is 2.27. The van der Waals surface area contributed by atoms with Gasteiger partial charge in [0.2, 0.25) is 0 Å². The molecule has 0 aliphatic heterocycles. The largest absolute Gasteiger partial charge is 0.460 e. The van der Waals surface area contributed by atoms with E-state index in [4.69, 9.17) is 4.74 Å². The number of fused-ring (bicyclic) bond motifs is 1. The number of hydrogen-bond donors (Lipinski definition) is 0. The predicted molar refractivity (Wildman–Crippen MR) is 67.7 cm³/mol. The molecule has 0 fully saturated rings. The maximum absolute atomic E-state index is 13.1. The number of carbonyl (C=O) groups excluding carboxylic acids is 1. The zero-order chi connectivity index (χ0) is 14.2. The molecule has 0 amide bonds. The fourth-order valence-electron chi connectivity index (χ4n) is 2.47. The fraction of sp³-hybridized carbons (Fsp3) is 0.533. The van der Waals surface area contributed by atoms with E-state index in [9.17, 15) is 13.6 Å². The van der Waals surface area contributed by atoms with Gasteiger partial charge in [-0.2, -0.15) is 0 Å². The molecule has 1 aromatic rings. The number of rotatable bonds is 2. The molecule has 1 aliphatic rings. The van der Waals surface area contributed by atoms with Crippen LogP contribution in [-0.2, 0) is 22.4 Å². The van der Waals surface area contributed by atoms with Gasteiger partial charge >= 0.3 is 5.97 Å². The molecular formula is C15H18F2O2. The van der Waals surface area contributed by atoms with Crippen molar-refractivity contribution in [2.75, 3.05) is 0 Å². The summed E-state index contributed by atoms with van der Waals surface area (Å²) in [6.07, 6.45) is 1.49. The van der Waals surface area contributed by atoms with Gasteiger partial charge in [0.05, 0.1) is 0 Å². The van der Waals surface area contributed by atoms with E-state index in [0.717, 1.165) is 11.1 Å². The molecule has 0 aromatic heterocycles. The molecule has 4 heteroatoms. The van der Waals surface area contributed by atoms with Crippen molar-refractivity contribution in [2.24, 2.45) is 5.92 Å². The minimum absolute atomic E-state index is 0.0750. The minimum atomic E-state index is -0.823. The summed E-state index contributed by atoms with van der Waals surface area (Å²) in [5.41, 5.74) is 1.10. The van der Waals surface area contributed by atoms with Crippen molar-refractivity contribution in [2.45, 2.75) is 45.6 Å². The Hall–Kier alpha value is -1.45. The van der Waals surface area contributed by atoms with Crippen molar-refractivity contribution in [3.05, 3.63) is 34.9 Å². The summed E-state index contributed by atoms with van der Waals surface area (Å²) in [5.74, 6) is -1.83. The molecule has 0 N–H and O–H groups in total. The Morgan fingerprint density at radius 3 is 2.11 bits per heavy atom. The Morgan fingerprint density at radius 1 is 1.21 bits per heavy atom. The molecule has 0 saturated heterocycles. The third-order valence-corrected chi connectivity index (χ3v) is 3.14. The third kappa shape index (κ3) is 3.52. The lowest BCUT2D eigenvalue weighted by molar-refractivity contribution is -0.155. The van der Waals surface area contributed by atoms with Crippen LogP contribution < -0.4 is 0 Å². The molecule has 0 atom stereocenters. The lowest BCUT2D eigenvalue weighted by Gasteiger charge is -2.20. The Bertz CT molecular complexity index is 473. The fourth-order valence-corrected chi connectivity index (χ4v) is 2.47. The predicted octanol–water partition coefficient (Wildman–Crippen LogP) is 3.41. The molecule has 0 radical (unpaired) electrons. The third-order valence-electron chi connectivity index (χ3n) is 3.14. The van der Waals surface area contributed by atoms with Gasteiger partial charge in [-0.3, -0.25) is 4.79 Å². The van der Waals surface area contributed by atoms with E-state index < -0.39 is 17.2 Å². The normalized spacial score (nSPS) is 15.4. The molecule has 19 heavy (non-hydrogen) atoms. The highest BCUT2D eigenvalue weighted by Crippen LogP contribution is 2.31. The topological polar surface area (TPSA) is 26.3 Å². The number of hydrogen-bond acceptors (Lipinski definition) is 2. The van der Waals surface area contributed by atoms with Gasteiger partial charge in [-0.05, 0) is 62.8 Å². The summed E-state index contributed by atoms with van der Waals surface area (Å²) in [4.78, 5) is 11.7. The van der Waals surface area contributed by atoms with Crippen LogP contribution in [-0.4, -0.2) is 11.6 Å². The number of benzene rings is 1. The zero-order valence-corrected chi connectivity index (χ0v) is 11.4. The Labute approximate surface area is 111 Å². The van der Waals surface area contributed by atoms with Crippen LogP contribution in [0.1, 0.15) is 38.3 Å². The van der Waals surface area contributed by atoms with Crippen LogP contribution in [0.2, 0.25) is 0 Å². The van der Waals surface area contributed by atoms with Crippen molar-refractivity contribution >= 4 is 5.97 Å². The molecule has 0 unspecified atom stereocenters. The van der Waals surface area contributed by atoms with E-state index in [0.29, 0.717) is 12.8 Å². The van der Waals surface area contributed by atoms with Crippen molar-refractivity contribution in [3.8, 4) is 0 Å². The molecule has 2 nitrogen and oxygen atoms in total. The van der Waals surface area contributed by atoms with Gasteiger partial charge in [0.1, 0.15) is 5.60 Å². The average molecular weight is 268 g/mol. The first-order valence-corrected chi connectivity index (χ1v) is 6.43. The first-order valence-electron chi connectivity index (χ1n) is 6.43. The Morgan fingerprint density at radius 2 is 1.68 bits per heavy atom. The van der Waals surface area contributed by atoms with Gasteiger partial charge in [0.15, 0.2) is 11.6 Å². The quantitative estimate of drug-likeness (QED) is 0.768. The first kappa shape index (κ1) is 14.0. The van der Waals surface area contributed by atoms with E-state index >= 15 is 0 Å². The Balaban J connectivity index is 1.99. The molecule has 0 spiro atoms.